The van der Waals surface area contributed by atoms with Gasteiger partial charge in [-0.2, -0.15) is 0 Å². The molecule has 0 radical (unpaired) electrons. The molecule has 0 saturated heterocycles. The zero-order valence-electron chi connectivity index (χ0n) is 8.49. The number of ether oxygens (including phenoxy) is 2. The van der Waals surface area contributed by atoms with Crippen LogP contribution < -0.4 is 4.74 Å². The van der Waals surface area contributed by atoms with E-state index >= 15 is 0 Å². The third-order valence-electron chi connectivity index (χ3n) is 1.63. The third-order valence-corrected chi connectivity index (χ3v) is 1.63. The van der Waals surface area contributed by atoms with E-state index in [1.54, 1.807) is 13.8 Å². The van der Waals surface area contributed by atoms with Crippen LogP contribution in [0.3, 0.4) is 0 Å². The van der Waals surface area contributed by atoms with Crippen LogP contribution in [0.25, 0.3) is 0 Å². The Morgan fingerprint density at radius 2 is 2.14 bits per heavy atom. The van der Waals surface area contributed by atoms with E-state index in [1.807, 2.05) is 6.92 Å². The molecule has 0 unspecified atom stereocenters. The lowest BCUT2D eigenvalue weighted by molar-refractivity contribution is 0.0513. The highest BCUT2D eigenvalue weighted by Crippen LogP contribution is 2.21. The number of aromatic nitrogens is 1. The van der Waals surface area contributed by atoms with E-state index in [0.29, 0.717) is 18.8 Å². The molecule has 1 aromatic heterocycles. The topological polar surface area (TPSA) is 61.6 Å². The number of carbonyl (C=O) groups is 1. The van der Waals surface area contributed by atoms with Crippen molar-refractivity contribution in [3.05, 3.63) is 11.3 Å². The lowest BCUT2D eigenvalue weighted by Crippen LogP contribution is -2.06. The number of esters is 1. The van der Waals surface area contributed by atoms with E-state index < -0.39 is 5.97 Å². The van der Waals surface area contributed by atoms with Crippen molar-refractivity contribution in [3.8, 4) is 5.95 Å². The second kappa shape index (κ2) is 4.64. The van der Waals surface area contributed by atoms with E-state index in [0.717, 1.165) is 0 Å². The van der Waals surface area contributed by atoms with Gasteiger partial charge in [0.15, 0.2) is 5.69 Å². The van der Waals surface area contributed by atoms with Crippen LogP contribution in [-0.2, 0) is 4.74 Å². The van der Waals surface area contributed by atoms with E-state index in [2.05, 4.69) is 5.16 Å². The van der Waals surface area contributed by atoms with Crippen molar-refractivity contribution >= 4 is 5.97 Å². The van der Waals surface area contributed by atoms with Gasteiger partial charge in [0.05, 0.1) is 18.8 Å². The highest BCUT2D eigenvalue weighted by molar-refractivity contribution is 5.89. The Bertz CT molecular complexity index is 319. The minimum absolute atomic E-state index is 0.176. The van der Waals surface area contributed by atoms with E-state index in [-0.39, 0.29) is 11.6 Å². The summed E-state index contributed by atoms with van der Waals surface area (Å²) in [7, 11) is 0. The van der Waals surface area contributed by atoms with E-state index in [1.165, 1.54) is 0 Å². The molecule has 0 aliphatic heterocycles. The molecular formula is C9H13NO4. The van der Waals surface area contributed by atoms with Crippen molar-refractivity contribution in [1.82, 2.24) is 5.16 Å². The van der Waals surface area contributed by atoms with Gasteiger partial charge in [0.1, 0.15) is 0 Å². The van der Waals surface area contributed by atoms with Crippen molar-refractivity contribution in [2.45, 2.75) is 20.8 Å². The molecule has 0 saturated carbocycles. The SMILES string of the molecule is CCOC(=O)c1noc(OCC)c1C. The Labute approximate surface area is 82.0 Å². The Kier molecular flexibility index (Phi) is 3.50. The number of carbonyl (C=O) groups excluding carboxylic acids is 1. The summed E-state index contributed by atoms with van der Waals surface area (Å²) in [5, 5.41) is 3.58. The third kappa shape index (κ3) is 2.04. The lowest BCUT2D eigenvalue weighted by Gasteiger charge is -1.98. The zero-order chi connectivity index (χ0) is 10.6. The van der Waals surface area contributed by atoms with Gasteiger partial charge in [-0.05, 0) is 20.8 Å². The zero-order valence-corrected chi connectivity index (χ0v) is 8.49. The smallest absolute Gasteiger partial charge is 0.360 e. The Hall–Kier alpha value is -1.52. The van der Waals surface area contributed by atoms with Crippen LogP contribution in [0.5, 0.6) is 5.95 Å². The molecule has 0 aliphatic rings. The minimum Gasteiger partial charge on any atom is -0.464 e. The molecule has 0 amide bonds. The fraction of sp³-hybridized carbons (Fsp3) is 0.556. The molecule has 5 nitrogen and oxygen atoms in total. The first-order valence-corrected chi connectivity index (χ1v) is 4.46. The van der Waals surface area contributed by atoms with Crippen molar-refractivity contribution in [1.29, 1.82) is 0 Å². The van der Waals surface area contributed by atoms with Crippen LogP contribution in [0.2, 0.25) is 0 Å². The summed E-state index contributed by atoms with van der Waals surface area (Å²) in [6.07, 6.45) is 0. The summed E-state index contributed by atoms with van der Waals surface area (Å²) in [6, 6.07) is 0. The summed E-state index contributed by atoms with van der Waals surface area (Å²) in [4.78, 5) is 11.3. The predicted molar refractivity (Wildman–Crippen MR) is 48.4 cm³/mol. The maximum atomic E-state index is 11.3. The maximum absolute atomic E-state index is 11.3. The molecule has 5 heteroatoms. The summed E-state index contributed by atoms with van der Waals surface area (Å²) in [5.41, 5.74) is 0.751. The summed E-state index contributed by atoms with van der Waals surface area (Å²) in [6.45, 7) is 6.05. The van der Waals surface area contributed by atoms with E-state index in [4.69, 9.17) is 14.0 Å². The normalized spacial score (nSPS) is 9.93. The van der Waals surface area contributed by atoms with Crippen LogP contribution in [-0.4, -0.2) is 24.3 Å². The molecule has 1 aromatic rings. The Morgan fingerprint density at radius 1 is 1.43 bits per heavy atom. The second-order valence-electron chi connectivity index (χ2n) is 2.60. The average molecular weight is 199 g/mol. The van der Waals surface area contributed by atoms with Gasteiger partial charge >= 0.3 is 11.9 Å². The van der Waals surface area contributed by atoms with Gasteiger partial charge in [-0.3, -0.25) is 0 Å². The van der Waals surface area contributed by atoms with Gasteiger partial charge in [0, 0.05) is 0 Å². The van der Waals surface area contributed by atoms with Crippen LogP contribution in [0, 0.1) is 6.92 Å². The second-order valence-corrected chi connectivity index (χ2v) is 2.60. The van der Waals surface area contributed by atoms with Crippen LogP contribution >= 0.6 is 0 Å². The molecular weight excluding hydrogens is 186 g/mol. The Morgan fingerprint density at radius 3 is 2.71 bits per heavy atom. The summed E-state index contributed by atoms with van der Waals surface area (Å²) >= 11 is 0. The van der Waals surface area contributed by atoms with Crippen LogP contribution in [0.1, 0.15) is 29.9 Å². The van der Waals surface area contributed by atoms with E-state index in [9.17, 15) is 4.79 Å². The van der Waals surface area contributed by atoms with Crippen molar-refractivity contribution < 1.29 is 18.8 Å². The van der Waals surface area contributed by atoms with Gasteiger partial charge in [-0.1, -0.05) is 5.16 Å². The fourth-order valence-corrected chi connectivity index (χ4v) is 0.976. The highest BCUT2D eigenvalue weighted by atomic mass is 16.6. The minimum atomic E-state index is -0.486. The van der Waals surface area contributed by atoms with Gasteiger partial charge < -0.3 is 14.0 Å². The summed E-state index contributed by atoms with van der Waals surface area (Å²) in [5.74, 6) is -0.213. The van der Waals surface area contributed by atoms with Gasteiger partial charge in [0.25, 0.3) is 0 Å². The largest absolute Gasteiger partial charge is 0.464 e. The fourth-order valence-electron chi connectivity index (χ4n) is 0.976. The monoisotopic (exact) mass is 199 g/mol. The number of nitrogens with zero attached hydrogens (tertiary/aromatic N) is 1. The molecule has 0 bridgehead atoms. The molecule has 0 N–H and O–H groups in total. The van der Waals surface area contributed by atoms with Crippen molar-refractivity contribution in [2.24, 2.45) is 0 Å². The first kappa shape index (κ1) is 10.6. The molecule has 0 atom stereocenters. The predicted octanol–water partition coefficient (Wildman–Crippen LogP) is 1.56. The van der Waals surface area contributed by atoms with Gasteiger partial charge in [-0.25, -0.2) is 4.79 Å². The number of hydrogen-bond donors (Lipinski definition) is 0. The molecule has 1 rings (SSSR count). The molecule has 1 heterocycles. The standard InChI is InChI=1S/C9H13NO4/c1-4-12-8(11)7-6(3)9(13-5-2)14-10-7/h4-5H2,1-3H3. The van der Waals surface area contributed by atoms with Crippen molar-refractivity contribution in [2.75, 3.05) is 13.2 Å². The molecule has 0 fully saturated rings. The molecule has 0 aromatic carbocycles. The number of rotatable bonds is 4. The Balaban J connectivity index is 2.83. The molecule has 78 valence electrons. The first-order chi connectivity index (χ1) is 6.70. The first-order valence-electron chi connectivity index (χ1n) is 4.46. The van der Waals surface area contributed by atoms with Crippen LogP contribution in [0.15, 0.2) is 4.52 Å². The van der Waals surface area contributed by atoms with Crippen LogP contribution in [0.4, 0.5) is 0 Å². The maximum Gasteiger partial charge on any atom is 0.360 e. The van der Waals surface area contributed by atoms with Crippen molar-refractivity contribution in [3.63, 3.8) is 0 Å². The number of hydrogen-bond acceptors (Lipinski definition) is 5. The molecule has 0 spiro atoms. The lowest BCUT2D eigenvalue weighted by atomic mass is 10.3. The molecule has 14 heavy (non-hydrogen) atoms. The quantitative estimate of drug-likeness (QED) is 0.688. The molecule has 0 aliphatic carbocycles. The van der Waals surface area contributed by atoms with Gasteiger partial charge in [0.2, 0.25) is 0 Å². The summed E-state index contributed by atoms with van der Waals surface area (Å²) < 4.78 is 14.7. The van der Waals surface area contributed by atoms with Gasteiger partial charge in [-0.15, -0.1) is 0 Å². The highest BCUT2D eigenvalue weighted by Gasteiger charge is 2.20. The average Bonchev–Trinajstić information content (AvgIpc) is 2.49.